The van der Waals surface area contributed by atoms with E-state index in [1.165, 1.54) is 12.1 Å². The van der Waals surface area contributed by atoms with Gasteiger partial charge in [-0.1, -0.05) is 36.4 Å². The maximum absolute atomic E-state index is 11.0. The molecular formula is C23H23NO4. The van der Waals surface area contributed by atoms with Crippen molar-refractivity contribution in [2.75, 3.05) is 0 Å². The Kier molecular flexibility index (Phi) is 5.10. The van der Waals surface area contributed by atoms with Crippen molar-refractivity contribution in [1.82, 2.24) is 0 Å². The lowest BCUT2D eigenvalue weighted by Gasteiger charge is -2.24. The Bertz CT molecular complexity index is 998. The van der Waals surface area contributed by atoms with Gasteiger partial charge in [0, 0.05) is 18.1 Å². The lowest BCUT2D eigenvalue weighted by Crippen LogP contribution is -2.08. The molecule has 0 bridgehead atoms. The highest BCUT2D eigenvalue weighted by Crippen LogP contribution is 2.41. The minimum absolute atomic E-state index is 0.0226. The average molecular weight is 377 g/mol. The number of phenolic OH excluding ortho intramolecular Hbond substituents is 2. The first kappa shape index (κ1) is 19.4. The van der Waals surface area contributed by atoms with Crippen LogP contribution in [0.5, 0.6) is 11.5 Å². The zero-order chi connectivity index (χ0) is 20.6. The molecule has 3 rings (SSSR count). The van der Waals surface area contributed by atoms with Crippen LogP contribution in [0.4, 0.5) is 5.69 Å². The van der Waals surface area contributed by atoms with E-state index in [0.29, 0.717) is 0 Å². The molecule has 0 unspecified atom stereocenters. The summed E-state index contributed by atoms with van der Waals surface area (Å²) in [6, 6.07) is 14.1. The van der Waals surface area contributed by atoms with E-state index in [1.54, 1.807) is 12.1 Å². The van der Waals surface area contributed by atoms with E-state index in [-0.39, 0.29) is 23.1 Å². The monoisotopic (exact) mass is 377 g/mol. The van der Waals surface area contributed by atoms with Gasteiger partial charge in [-0.2, -0.15) is 0 Å². The molecule has 3 aromatic carbocycles. The second-order valence-corrected chi connectivity index (χ2v) is 7.17. The molecule has 5 nitrogen and oxygen atoms in total. The Labute approximate surface area is 164 Å². The third kappa shape index (κ3) is 3.31. The molecule has 0 aliphatic heterocycles. The number of nitro groups is 1. The standard InChI is InChI=1S/C23H23NO4/c1-13-5-11-19(15(3)22(13)25)21(17-7-9-18(10-8-17)24(27)28)20-12-6-14(2)23(26)16(20)4/h5-12,21,25-26H,1-4H3. The van der Waals surface area contributed by atoms with Crippen LogP contribution in [0.25, 0.3) is 0 Å². The van der Waals surface area contributed by atoms with Crippen LogP contribution in [0.1, 0.15) is 44.9 Å². The number of aromatic hydroxyl groups is 2. The Morgan fingerprint density at radius 2 is 1.18 bits per heavy atom. The number of nitrogens with zero attached hydrogens (tertiary/aromatic N) is 1. The van der Waals surface area contributed by atoms with Gasteiger partial charge in [-0.05, 0) is 66.6 Å². The molecule has 0 aromatic heterocycles. The van der Waals surface area contributed by atoms with Gasteiger partial charge in [-0.3, -0.25) is 10.1 Å². The molecule has 2 N–H and O–H groups in total. The van der Waals surface area contributed by atoms with Crippen LogP contribution >= 0.6 is 0 Å². The fourth-order valence-electron chi connectivity index (χ4n) is 3.64. The van der Waals surface area contributed by atoms with Gasteiger partial charge in [0.25, 0.3) is 5.69 Å². The van der Waals surface area contributed by atoms with Crippen LogP contribution in [0.15, 0.2) is 48.5 Å². The van der Waals surface area contributed by atoms with E-state index in [0.717, 1.165) is 38.9 Å². The first-order chi connectivity index (χ1) is 13.2. The predicted molar refractivity (Wildman–Crippen MR) is 109 cm³/mol. The van der Waals surface area contributed by atoms with Crippen molar-refractivity contribution in [2.24, 2.45) is 0 Å². The molecule has 0 atom stereocenters. The summed E-state index contributed by atoms with van der Waals surface area (Å²) < 4.78 is 0. The molecule has 0 amide bonds. The molecule has 0 aliphatic carbocycles. The highest BCUT2D eigenvalue weighted by molar-refractivity contribution is 5.57. The fourth-order valence-corrected chi connectivity index (χ4v) is 3.64. The van der Waals surface area contributed by atoms with Gasteiger partial charge in [0.05, 0.1) is 4.92 Å². The Balaban J connectivity index is 2.27. The van der Waals surface area contributed by atoms with Crippen molar-refractivity contribution in [2.45, 2.75) is 33.6 Å². The lowest BCUT2D eigenvalue weighted by molar-refractivity contribution is -0.384. The van der Waals surface area contributed by atoms with Gasteiger partial charge in [0.2, 0.25) is 0 Å². The van der Waals surface area contributed by atoms with Crippen LogP contribution in [0.2, 0.25) is 0 Å². The zero-order valence-corrected chi connectivity index (χ0v) is 16.4. The maximum Gasteiger partial charge on any atom is 0.269 e. The van der Waals surface area contributed by atoms with Gasteiger partial charge in [-0.25, -0.2) is 0 Å². The minimum Gasteiger partial charge on any atom is -0.507 e. The summed E-state index contributed by atoms with van der Waals surface area (Å²) in [4.78, 5) is 10.6. The fraction of sp³-hybridized carbons (Fsp3) is 0.217. The summed E-state index contributed by atoms with van der Waals surface area (Å²) >= 11 is 0. The van der Waals surface area contributed by atoms with Crippen molar-refractivity contribution < 1.29 is 15.1 Å². The molecule has 0 heterocycles. The summed E-state index contributed by atoms with van der Waals surface area (Å²) in [5.74, 6) is 0.190. The molecule has 0 saturated carbocycles. The normalized spacial score (nSPS) is 11.0. The Morgan fingerprint density at radius 1 is 0.750 bits per heavy atom. The third-order valence-electron chi connectivity index (χ3n) is 5.41. The van der Waals surface area contributed by atoms with E-state index in [9.17, 15) is 20.3 Å². The van der Waals surface area contributed by atoms with E-state index in [1.807, 2.05) is 52.0 Å². The predicted octanol–water partition coefficient (Wildman–Crippen LogP) is 5.42. The number of phenols is 2. The van der Waals surface area contributed by atoms with E-state index >= 15 is 0 Å². The molecule has 0 spiro atoms. The van der Waals surface area contributed by atoms with E-state index in [2.05, 4.69) is 0 Å². The summed E-state index contributed by atoms with van der Waals surface area (Å²) in [6.07, 6.45) is 0. The van der Waals surface area contributed by atoms with Gasteiger partial charge in [-0.15, -0.1) is 0 Å². The largest absolute Gasteiger partial charge is 0.507 e. The summed E-state index contributed by atoms with van der Waals surface area (Å²) in [7, 11) is 0. The van der Waals surface area contributed by atoms with Crippen molar-refractivity contribution in [1.29, 1.82) is 0 Å². The molecule has 5 heteroatoms. The molecule has 3 aromatic rings. The number of rotatable bonds is 4. The topological polar surface area (TPSA) is 83.6 Å². The molecule has 0 fully saturated rings. The van der Waals surface area contributed by atoms with Crippen LogP contribution in [0.3, 0.4) is 0 Å². The molecule has 28 heavy (non-hydrogen) atoms. The van der Waals surface area contributed by atoms with Crippen LogP contribution < -0.4 is 0 Å². The molecule has 0 saturated heterocycles. The maximum atomic E-state index is 11.0. The van der Waals surface area contributed by atoms with Gasteiger partial charge < -0.3 is 10.2 Å². The highest BCUT2D eigenvalue weighted by atomic mass is 16.6. The van der Waals surface area contributed by atoms with Gasteiger partial charge >= 0.3 is 0 Å². The molecular weight excluding hydrogens is 354 g/mol. The van der Waals surface area contributed by atoms with Crippen LogP contribution in [0, 0.1) is 37.8 Å². The van der Waals surface area contributed by atoms with E-state index < -0.39 is 4.92 Å². The number of hydrogen-bond acceptors (Lipinski definition) is 4. The van der Waals surface area contributed by atoms with Crippen LogP contribution in [-0.2, 0) is 0 Å². The van der Waals surface area contributed by atoms with Crippen molar-refractivity contribution in [3.05, 3.63) is 97.6 Å². The van der Waals surface area contributed by atoms with E-state index in [4.69, 9.17) is 0 Å². The van der Waals surface area contributed by atoms with Gasteiger partial charge in [0.15, 0.2) is 0 Å². The quantitative estimate of drug-likeness (QED) is 0.361. The number of non-ortho nitro benzene ring substituents is 1. The van der Waals surface area contributed by atoms with Gasteiger partial charge in [0.1, 0.15) is 11.5 Å². The van der Waals surface area contributed by atoms with Crippen molar-refractivity contribution in [3.63, 3.8) is 0 Å². The second kappa shape index (κ2) is 7.35. The molecule has 144 valence electrons. The smallest absolute Gasteiger partial charge is 0.269 e. The zero-order valence-electron chi connectivity index (χ0n) is 16.4. The second-order valence-electron chi connectivity index (χ2n) is 7.17. The average Bonchev–Trinajstić information content (AvgIpc) is 2.68. The molecule has 0 aliphatic rings. The number of nitro benzene ring substituents is 1. The number of benzene rings is 3. The summed E-state index contributed by atoms with van der Waals surface area (Å²) in [6.45, 7) is 7.41. The minimum atomic E-state index is -0.426. The highest BCUT2D eigenvalue weighted by Gasteiger charge is 2.24. The Morgan fingerprint density at radius 3 is 1.57 bits per heavy atom. The SMILES string of the molecule is Cc1ccc(C(c2ccc([N+](=O)[O-])cc2)c2ccc(C)c(O)c2C)c(C)c1O. The van der Waals surface area contributed by atoms with Crippen molar-refractivity contribution >= 4 is 5.69 Å². The van der Waals surface area contributed by atoms with Crippen LogP contribution in [-0.4, -0.2) is 15.1 Å². The summed E-state index contributed by atoms with van der Waals surface area (Å²) in [5, 5.41) is 32.0. The number of aryl methyl sites for hydroxylation is 2. The lowest BCUT2D eigenvalue weighted by atomic mass is 9.80. The third-order valence-corrected chi connectivity index (χ3v) is 5.41. The first-order valence-electron chi connectivity index (χ1n) is 9.04. The Hall–Kier alpha value is -3.34. The molecule has 0 radical (unpaired) electrons. The summed E-state index contributed by atoms with van der Waals surface area (Å²) in [5.41, 5.74) is 5.73. The number of hydrogen-bond donors (Lipinski definition) is 2. The van der Waals surface area contributed by atoms with Crippen molar-refractivity contribution in [3.8, 4) is 11.5 Å². The first-order valence-corrected chi connectivity index (χ1v) is 9.04.